The highest BCUT2D eigenvalue weighted by atomic mass is 32.1. The van der Waals surface area contributed by atoms with E-state index in [1.807, 2.05) is 5.38 Å². The van der Waals surface area contributed by atoms with Crippen LogP contribution in [0.1, 0.15) is 69.7 Å². The Morgan fingerprint density at radius 3 is 2.76 bits per heavy atom. The number of hydrogen-bond donors (Lipinski definition) is 1. The van der Waals surface area contributed by atoms with Gasteiger partial charge in [0.2, 0.25) is 0 Å². The molecule has 3 nitrogen and oxygen atoms in total. The lowest BCUT2D eigenvalue weighted by molar-refractivity contribution is -0.133. The molecule has 0 bridgehead atoms. The fraction of sp³-hybridized carbons (Fsp3) is 0.833. The molecule has 1 N–H and O–H groups in total. The van der Waals surface area contributed by atoms with Crippen LogP contribution in [0.25, 0.3) is 0 Å². The Morgan fingerprint density at radius 2 is 2.00 bits per heavy atom. The zero-order valence-electron chi connectivity index (χ0n) is 17.5. The van der Waals surface area contributed by atoms with Crippen LogP contribution >= 0.6 is 11.3 Å². The van der Waals surface area contributed by atoms with E-state index in [4.69, 9.17) is 0 Å². The van der Waals surface area contributed by atoms with E-state index in [0.29, 0.717) is 42.8 Å². The Bertz CT molecular complexity index is 754. The van der Waals surface area contributed by atoms with Crippen molar-refractivity contribution in [2.24, 2.45) is 40.9 Å². The molecular weight excluding hydrogens is 385 g/mol. The Morgan fingerprint density at radius 1 is 1.17 bits per heavy atom. The first kappa shape index (κ1) is 20.1. The summed E-state index contributed by atoms with van der Waals surface area (Å²) in [6.07, 6.45) is 11.5. The summed E-state index contributed by atoms with van der Waals surface area (Å²) in [6.45, 7) is 1.81. The molecule has 1 aromatic rings. The smallest absolute Gasteiger partial charge is 0.143 e. The molecule has 8 atom stereocenters. The molecule has 4 saturated carbocycles. The fourth-order valence-electron chi connectivity index (χ4n) is 8.23. The van der Waals surface area contributed by atoms with Gasteiger partial charge in [0.15, 0.2) is 0 Å². The molecule has 0 aromatic carbocycles. The van der Waals surface area contributed by atoms with Gasteiger partial charge in [0.05, 0.1) is 17.0 Å². The van der Waals surface area contributed by atoms with Crippen molar-refractivity contribution in [2.45, 2.75) is 76.7 Å². The van der Waals surface area contributed by atoms with Crippen LogP contribution in [0.2, 0.25) is 0 Å². The quantitative estimate of drug-likeness (QED) is 0.727. The van der Waals surface area contributed by atoms with Gasteiger partial charge in [-0.3, -0.25) is 4.79 Å². The second-order valence-corrected chi connectivity index (χ2v) is 11.8. The standard InChI is InChI=1S/C24H34FNO2S/c1-23-8-6-17-16-7-9-24(28,14-25)13-15(16)2-3-18(17)19(23)4-5-20(23)21(27)12-22-26-10-11-29-22/h10-11,15-20,28H,2-9,12-14H2,1H3. The molecule has 1 aromatic heterocycles. The van der Waals surface area contributed by atoms with Gasteiger partial charge in [-0.25, -0.2) is 9.37 Å². The van der Waals surface area contributed by atoms with Crippen molar-refractivity contribution in [2.75, 3.05) is 6.67 Å². The first-order chi connectivity index (χ1) is 13.9. The summed E-state index contributed by atoms with van der Waals surface area (Å²) in [4.78, 5) is 17.5. The second kappa shape index (κ2) is 7.40. The van der Waals surface area contributed by atoms with E-state index >= 15 is 0 Å². The molecule has 160 valence electrons. The maximum Gasteiger partial charge on any atom is 0.143 e. The van der Waals surface area contributed by atoms with E-state index in [0.717, 1.165) is 42.5 Å². The van der Waals surface area contributed by atoms with Crippen molar-refractivity contribution >= 4 is 17.1 Å². The molecule has 4 aliphatic rings. The number of ketones is 1. The lowest BCUT2D eigenvalue weighted by Crippen LogP contribution is -2.52. The predicted octanol–water partition coefficient (Wildman–Crippen LogP) is 5.22. The molecule has 0 aliphatic heterocycles. The van der Waals surface area contributed by atoms with Crippen LogP contribution in [-0.4, -0.2) is 28.1 Å². The van der Waals surface area contributed by atoms with E-state index in [9.17, 15) is 14.3 Å². The average Bonchev–Trinajstić information content (AvgIpc) is 3.34. The van der Waals surface area contributed by atoms with Crippen molar-refractivity contribution in [1.82, 2.24) is 4.98 Å². The molecule has 4 fully saturated rings. The van der Waals surface area contributed by atoms with Crippen molar-refractivity contribution < 1.29 is 14.3 Å². The maximum atomic E-state index is 13.3. The van der Waals surface area contributed by atoms with E-state index in [2.05, 4.69) is 11.9 Å². The third-order valence-corrected chi connectivity index (χ3v) is 10.3. The van der Waals surface area contributed by atoms with Crippen LogP contribution in [0.3, 0.4) is 0 Å². The second-order valence-electron chi connectivity index (χ2n) is 10.8. The van der Waals surface area contributed by atoms with Crippen molar-refractivity contribution in [1.29, 1.82) is 0 Å². The molecule has 0 radical (unpaired) electrons. The first-order valence-corrected chi connectivity index (χ1v) is 12.5. The summed E-state index contributed by atoms with van der Waals surface area (Å²) in [5.41, 5.74) is -0.908. The third kappa shape index (κ3) is 3.31. The largest absolute Gasteiger partial charge is 0.387 e. The molecule has 5 heteroatoms. The number of Topliss-reactive ketones (excluding diaryl/α,β-unsaturated/α-hetero) is 1. The Hall–Kier alpha value is -0.810. The van der Waals surface area contributed by atoms with E-state index < -0.39 is 12.3 Å². The number of fused-ring (bicyclic) bond motifs is 5. The lowest BCUT2D eigenvalue weighted by Gasteiger charge is -2.57. The molecule has 0 saturated heterocycles. The first-order valence-electron chi connectivity index (χ1n) is 11.6. The van der Waals surface area contributed by atoms with Gasteiger partial charge in [-0.1, -0.05) is 6.92 Å². The average molecular weight is 420 g/mol. The number of alkyl halides is 1. The molecule has 4 aliphatic carbocycles. The number of thiazole rings is 1. The summed E-state index contributed by atoms with van der Waals surface area (Å²) in [6, 6.07) is 0. The number of halogens is 1. The number of nitrogens with zero attached hydrogens (tertiary/aromatic N) is 1. The van der Waals surface area contributed by atoms with Gasteiger partial charge in [0.25, 0.3) is 0 Å². The Kier molecular flexibility index (Phi) is 5.13. The predicted molar refractivity (Wildman–Crippen MR) is 112 cm³/mol. The topological polar surface area (TPSA) is 50.2 Å². The highest BCUT2D eigenvalue weighted by molar-refractivity contribution is 7.09. The number of rotatable bonds is 4. The number of carbonyl (C=O) groups excluding carboxylic acids is 1. The van der Waals surface area contributed by atoms with Gasteiger partial charge in [-0.2, -0.15) is 0 Å². The van der Waals surface area contributed by atoms with Crippen LogP contribution in [0.4, 0.5) is 4.39 Å². The van der Waals surface area contributed by atoms with Crippen LogP contribution in [0.15, 0.2) is 11.6 Å². The fourth-order valence-corrected chi connectivity index (χ4v) is 8.85. The van der Waals surface area contributed by atoms with Gasteiger partial charge < -0.3 is 5.11 Å². The van der Waals surface area contributed by atoms with Gasteiger partial charge in [0, 0.05) is 17.5 Å². The van der Waals surface area contributed by atoms with Gasteiger partial charge in [-0.15, -0.1) is 11.3 Å². The van der Waals surface area contributed by atoms with Gasteiger partial charge in [0.1, 0.15) is 12.5 Å². The maximum absolute atomic E-state index is 13.3. The highest BCUT2D eigenvalue weighted by Crippen LogP contribution is 2.64. The third-order valence-electron chi connectivity index (χ3n) is 9.55. The van der Waals surface area contributed by atoms with E-state index in [1.165, 1.54) is 19.3 Å². The van der Waals surface area contributed by atoms with Crippen molar-refractivity contribution in [3.63, 3.8) is 0 Å². The molecule has 29 heavy (non-hydrogen) atoms. The lowest BCUT2D eigenvalue weighted by atomic mass is 9.49. The van der Waals surface area contributed by atoms with Crippen molar-refractivity contribution in [3.05, 3.63) is 16.6 Å². The Balaban J connectivity index is 1.31. The molecular formula is C24H34FNO2S. The minimum absolute atomic E-state index is 0.149. The summed E-state index contributed by atoms with van der Waals surface area (Å²) < 4.78 is 13.3. The molecule has 0 spiro atoms. The molecule has 1 heterocycles. The normalized spacial score (nSPS) is 46.6. The van der Waals surface area contributed by atoms with E-state index in [1.54, 1.807) is 17.5 Å². The van der Waals surface area contributed by atoms with Gasteiger partial charge >= 0.3 is 0 Å². The zero-order chi connectivity index (χ0) is 20.2. The Labute approximate surface area is 177 Å². The number of aliphatic hydroxyl groups is 1. The summed E-state index contributed by atoms with van der Waals surface area (Å²) in [5.74, 6) is 3.87. The minimum Gasteiger partial charge on any atom is -0.387 e. The SMILES string of the molecule is CC12CCC3C4CCC(O)(CF)CC4CCC3C1CCC2C(=O)Cc1nccs1. The van der Waals surface area contributed by atoms with Crippen LogP contribution in [0.5, 0.6) is 0 Å². The van der Waals surface area contributed by atoms with Crippen LogP contribution < -0.4 is 0 Å². The number of aromatic nitrogens is 1. The summed E-state index contributed by atoms with van der Waals surface area (Å²) >= 11 is 1.59. The molecule has 5 rings (SSSR count). The zero-order valence-corrected chi connectivity index (χ0v) is 18.3. The minimum atomic E-state index is -1.06. The number of carbonyl (C=O) groups is 1. The van der Waals surface area contributed by atoms with E-state index in [-0.39, 0.29) is 11.3 Å². The number of hydrogen-bond acceptors (Lipinski definition) is 4. The molecule has 8 unspecified atom stereocenters. The van der Waals surface area contributed by atoms with Crippen LogP contribution in [0, 0.1) is 40.9 Å². The van der Waals surface area contributed by atoms with Crippen molar-refractivity contribution in [3.8, 4) is 0 Å². The van der Waals surface area contributed by atoms with Crippen LogP contribution in [-0.2, 0) is 11.2 Å². The monoisotopic (exact) mass is 419 g/mol. The summed E-state index contributed by atoms with van der Waals surface area (Å²) in [7, 11) is 0. The van der Waals surface area contributed by atoms with Gasteiger partial charge in [-0.05, 0) is 92.8 Å². The highest BCUT2D eigenvalue weighted by Gasteiger charge is 2.58. The summed E-state index contributed by atoms with van der Waals surface area (Å²) in [5, 5.41) is 13.4. The molecule has 0 amide bonds.